The quantitative estimate of drug-likeness (QED) is 0.882. The van der Waals surface area contributed by atoms with Crippen LogP contribution in [0.4, 0.5) is 11.4 Å². The van der Waals surface area contributed by atoms with Gasteiger partial charge in [-0.25, -0.2) is 0 Å². The van der Waals surface area contributed by atoms with E-state index in [-0.39, 0.29) is 5.56 Å². The van der Waals surface area contributed by atoms with E-state index < -0.39 is 5.56 Å². The molecule has 1 aromatic carbocycles. The van der Waals surface area contributed by atoms with E-state index >= 15 is 0 Å². The molecular weight excluding hydrogens is 242 g/mol. The van der Waals surface area contributed by atoms with Gasteiger partial charge in [-0.1, -0.05) is 6.07 Å². The summed E-state index contributed by atoms with van der Waals surface area (Å²) in [7, 11) is 1.58. The van der Waals surface area contributed by atoms with Gasteiger partial charge in [0.25, 0.3) is 5.56 Å². The van der Waals surface area contributed by atoms with Gasteiger partial charge in [-0.2, -0.15) is 5.26 Å². The predicted octanol–water partition coefficient (Wildman–Crippen LogP) is 2.31. The second kappa shape index (κ2) is 5.27. The summed E-state index contributed by atoms with van der Waals surface area (Å²) >= 11 is 0. The van der Waals surface area contributed by atoms with E-state index in [4.69, 9.17) is 10.00 Å². The van der Waals surface area contributed by atoms with Crippen molar-refractivity contribution in [3.63, 3.8) is 0 Å². The third-order valence-corrected chi connectivity index (χ3v) is 2.63. The molecule has 0 unspecified atom stereocenters. The van der Waals surface area contributed by atoms with Crippen LogP contribution in [0.3, 0.4) is 0 Å². The summed E-state index contributed by atoms with van der Waals surface area (Å²) in [6.45, 7) is 1.76. The highest BCUT2D eigenvalue weighted by atomic mass is 16.5. The van der Waals surface area contributed by atoms with E-state index in [0.29, 0.717) is 17.1 Å². The molecule has 0 radical (unpaired) electrons. The van der Waals surface area contributed by atoms with Crippen LogP contribution in [0.25, 0.3) is 0 Å². The van der Waals surface area contributed by atoms with Crippen LogP contribution < -0.4 is 15.6 Å². The Morgan fingerprint density at radius 2 is 2.16 bits per heavy atom. The van der Waals surface area contributed by atoms with Gasteiger partial charge >= 0.3 is 0 Å². The number of benzene rings is 1. The van der Waals surface area contributed by atoms with Crippen LogP contribution in [0.15, 0.2) is 35.1 Å². The third-order valence-electron chi connectivity index (χ3n) is 2.63. The molecule has 2 rings (SSSR count). The molecular formula is C14H13N3O2. The molecule has 0 saturated carbocycles. The van der Waals surface area contributed by atoms with Crippen molar-refractivity contribution in [2.24, 2.45) is 0 Å². The zero-order chi connectivity index (χ0) is 13.8. The number of nitriles is 1. The molecule has 1 heterocycles. The molecule has 0 spiro atoms. The lowest BCUT2D eigenvalue weighted by molar-refractivity contribution is 0.415. The lowest BCUT2D eigenvalue weighted by Crippen LogP contribution is -2.13. The number of aromatic nitrogens is 1. The van der Waals surface area contributed by atoms with Crippen molar-refractivity contribution in [2.45, 2.75) is 6.92 Å². The molecule has 2 aromatic rings. The van der Waals surface area contributed by atoms with Crippen LogP contribution in [0.5, 0.6) is 5.75 Å². The fraction of sp³-hybridized carbons (Fsp3) is 0.143. The predicted molar refractivity (Wildman–Crippen MR) is 72.8 cm³/mol. The molecule has 0 aliphatic heterocycles. The fourth-order valence-electron chi connectivity index (χ4n) is 1.75. The average Bonchev–Trinajstić information content (AvgIpc) is 2.38. The third kappa shape index (κ3) is 2.75. The Kier molecular flexibility index (Phi) is 3.53. The Bertz CT molecular complexity index is 699. The summed E-state index contributed by atoms with van der Waals surface area (Å²) in [4.78, 5) is 14.3. The normalized spacial score (nSPS) is 9.74. The topological polar surface area (TPSA) is 77.9 Å². The smallest absolute Gasteiger partial charge is 0.268 e. The number of aryl methyl sites for hydroxylation is 1. The van der Waals surface area contributed by atoms with Gasteiger partial charge in [0, 0.05) is 17.4 Å². The first-order valence-corrected chi connectivity index (χ1v) is 5.69. The van der Waals surface area contributed by atoms with Crippen molar-refractivity contribution < 1.29 is 4.74 Å². The van der Waals surface area contributed by atoms with Crippen molar-refractivity contribution in [3.8, 4) is 11.8 Å². The van der Waals surface area contributed by atoms with Crippen molar-refractivity contribution in [2.75, 3.05) is 12.4 Å². The summed E-state index contributed by atoms with van der Waals surface area (Å²) < 4.78 is 5.12. The summed E-state index contributed by atoms with van der Waals surface area (Å²) in [6, 6.07) is 10.9. The number of methoxy groups -OCH3 is 1. The fourth-order valence-corrected chi connectivity index (χ4v) is 1.75. The zero-order valence-corrected chi connectivity index (χ0v) is 10.7. The van der Waals surface area contributed by atoms with Gasteiger partial charge in [0.2, 0.25) is 0 Å². The standard InChI is InChI=1S/C14H13N3O2/c1-9-6-13(12(8-15)14(18)16-9)17-10-4-3-5-11(7-10)19-2/h3-7H,1-2H3,(H2,16,17,18). The molecule has 96 valence electrons. The molecule has 0 fully saturated rings. The van der Waals surface area contributed by atoms with E-state index in [1.807, 2.05) is 24.3 Å². The molecule has 0 atom stereocenters. The summed E-state index contributed by atoms with van der Waals surface area (Å²) in [6.07, 6.45) is 0. The van der Waals surface area contributed by atoms with Crippen LogP contribution in [0.2, 0.25) is 0 Å². The van der Waals surface area contributed by atoms with Crippen LogP contribution in [0.1, 0.15) is 11.3 Å². The molecule has 2 N–H and O–H groups in total. The highest BCUT2D eigenvalue weighted by molar-refractivity contribution is 5.67. The Morgan fingerprint density at radius 1 is 1.37 bits per heavy atom. The summed E-state index contributed by atoms with van der Waals surface area (Å²) in [5, 5.41) is 12.1. The van der Waals surface area contributed by atoms with Crippen LogP contribution in [-0.2, 0) is 0 Å². The minimum Gasteiger partial charge on any atom is -0.497 e. The van der Waals surface area contributed by atoms with Crippen molar-refractivity contribution >= 4 is 11.4 Å². The molecule has 0 saturated heterocycles. The number of aromatic amines is 1. The molecule has 0 bridgehead atoms. The van der Waals surface area contributed by atoms with Gasteiger partial charge in [0.1, 0.15) is 17.4 Å². The maximum Gasteiger partial charge on any atom is 0.268 e. The number of ether oxygens (including phenoxy) is 1. The molecule has 0 amide bonds. The first kappa shape index (κ1) is 12.7. The monoisotopic (exact) mass is 255 g/mol. The average molecular weight is 255 g/mol. The Balaban J connectivity index is 2.43. The minimum absolute atomic E-state index is 0.0634. The molecule has 1 aromatic heterocycles. The van der Waals surface area contributed by atoms with Crippen molar-refractivity contribution in [1.29, 1.82) is 5.26 Å². The van der Waals surface area contributed by atoms with Crippen LogP contribution >= 0.6 is 0 Å². The summed E-state index contributed by atoms with van der Waals surface area (Å²) in [5.41, 5.74) is 1.59. The number of pyridine rings is 1. The molecule has 0 aliphatic rings. The van der Waals surface area contributed by atoms with E-state index in [9.17, 15) is 4.79 Å². The molecule has 19 heavy (non-hydrogen) atoms. The largest absolute Gasteiger partial charge is 0.497 e. The Hall–Kier alpha value is -2.74. The van der Waals surface area contributed by atoms with Gasteiger partial charge < -0.3 is 15.0 Å². The van der Waals surface area contributed by atoms with Gasteiger partial charge in [0.05, 0.1) is 12.8 Å². The second-order valence-electron chi connectivity index (χ2n) is 4.04. The zero-order valence-electron chi connectivity index (χ0n) is 10.7. The Labute approximate surface area is 110 Å². The van der Waals surface area contributed by atoms with E-state index in [2.05, 4.69) is 10.3 Å². The molecule has 0 aliphatic carbocycles. The maximum absolute atomic E-state index is 11.7. The van der Waals surface area contributed by atoms with Crippen molar-refractivity contribution in [3.05, 3.63) is 51.9 Å². The number of H-pyrrole nitrogens is 1. The number of nitrogens with one attached hydrogen (secondary N) is 2. The van der Waals surface area contributed by atoms with E-state index in [1.165, 1.54) is 0 Å². The first-order chi connectivity index (χ1) is 9.13. The minimum atomic E-state index is -0.395. The highest BCUT2D eigenvalue weighted by Gasteiger charge is 2.08. The van der Waals surface area contributed by atoms with Crippen LogP contribution in [0, 0.1) is 18.3 Å². The lowest BCUT2D eigenvalue weighted by Gasteiger charge is -2.09. The molecule has 5 nitrogen and oxygen atoms in total. The van der Waals surface area contributed by atoms with E-state index in [1.54, 1.807) is 26.2 Å². The Morgan fingerprint density at radius 3 is 2.84 bits per heavy atom. The van der Waals surface area contributed by atoms with E-state index in [0.717, 1.165) is 5.69 Å². The number of anilines is 2. The SMILES string of the molecule is COc1cccc(Nc2cc(C)[nH]c(=O)c2C#N)c1. The maximum atomic E-state index is 11.7. The van der Waals surface area contributed by atoms with Crippen molar-refractivity contribution in [1.82, 2.24) is 4.98 Å². The van der Waals surface area contributed by atoms with Gasteiger partial charge in [-0.05, 0) is 25.1 Å². The number of rotatable bonds is 3. The lowest BCUT2D eigenvalue weighted by atomic mass is 10.2. The highest BCUT2D eigenvalue weighted by Crippen LogP contribution is 2.22. The second-order valence-corrected chi connectivity index (χ2v) is 4.04. The number of hydrogen-bond acceptors (Lipinski definition) is 4. The molecule has 5 heteroatoms. The van der Waals surface area contributed by atoms with Crippen LogP contribution in [-0.4, -0.2) is 12.1 Å². The summed E-state index contributed by atoms with van der Waals surface area (Å²) in [5.74, 6) is 0.699. The number of nitrogens with zero attached hydrogens (tertiary/aromatic N) is 1. The van der Waals surface area contributed by atoms with Gasteiger partial charge in [-0.15, -0.1) is 0 Å². The number of hydrogen-bond donors (Lipinski definition) is 2. The van der Waals surface area contributed by atoms with Gasteiger partial charge in [-0.3, -0.25) is 4.79 Å². The first-order valence-electron chi connectivity index (χ1n) is 5.69. The van der Waals surface area contributed by atoms with Gasteiger partial charge in [0.15, 0.2) is 0 Å².